The molecule has 0 bridgehead atoms. The molecule has 1 heterocycles. The number of Topliss-reactive ketones (excluding diaryl/α,β-unsaturated/α-hetero) is 1. The highest BCUT2D eigenvalue weighted by Gasteiger charge is 2.14. The van der Waals surface area contributed by atoms with E-state index in [1.54, 1.807) is 24.3 Å². The van der Waals surface area contributed by atoms with Gasteiger partial charge in [0.05, 0.1) is 11.4 Å². The number of hydrogen-bond donors (Lipinski definition) is 2. The van der Waals surface area contributed by atoms with Crippen molar-refractivity contribution in [2.45, 2.75) is 5.16 Å². The van der Waals surface area contributed by atoms with Gasteiger partial charge in [-0.1, -0.05) is 11.8 Å². The summed E-state index contributed by atoms with van der Waals surface area (Å²) in [4.78, 5) is 22.9. The number of aromatic hydroxyl groups is 2. The zero-order chi connectivity index (χ0) is 17.8. The van der Waals surface area contributed by atoms with Crippen LogP contribution in [-0.2, 0) is 0 Å². The van der Waals surface area contributed by atoms with Gasteiger partial charge in [-0.05, 0) is 52.9 Å². The molecule has 0 spiro atoms. The molecule has 0 fully saturated rings. The fraction of sp³-hybridized carbons (Fsp3) is 0.0625. The van der Waals surface area contributed by atoms with E-state index in [-0.39, 0.29) is 28.6 Å². The van der Waals surface area contributed by atoms with Gasteiger partial charge in [-0.2, -0.15) is 4.68 Å². The Hall–Kier alpha value is -3.20. The Balaban J connectivity index is 1.73. The van der Waals surface area contributed by atoms with E-state index in [4.69, 9.17) is 0 Å². The first kappa shape index (κ1) is 16.7. The number of rotatable bonds is 6. The number of carbonyl (C=O) groups excluding carboxylic acids is 2. The third kappa shape index (κ3) is 3.66. The lowest BCUT2D eigenvalue weighted by molar-refractivity contribution is 0.102. The molecule has 2 aromatic carbocycles. The Labute approximate surface area is 146 Å². The molecule has 0 amide bonds. The Morgan fingerprint density at radius 2 is 1.88 bits per heavy atom. The van der Waals surface area contributed by atoms with E-state index in [0.717, 1.165) is 18.0 Å². The molecular weight excluding hydrogens is 344 g/mol. The molecule has 0 saturated carbocycles. The van der Waals surface area contributed by atoms with Gasteiger partial charge in [0.1, 0.15) is 6.29 Å². The van der Waals surface area contributed by atoms with Crippen LogP contribution in [0.25, 0.3) is 5.69 Å². The fourth-order valence-corrected chi connectivity index (χ4v) is 2.82. The maximum absolute atomic E-state index is 12.2. The van der Waals surface area contributed by atoms with Gasteiger partial charge in [-0.3, -0.25) is 9.59 Å². The SMILES string of the molecule is O=Cc1ccc(-n2nnnc2SCC(=O)c2ccc(O)c(O)c2)cc1. The quantitative estimate of drug-likeness (QED) is 0.297. The minimum atomic E-state index is -0.351. The first-order valence-corrected chi connectivity index (χ1v) is 8.09. The molecule has 126 valence electrons. The summed E-state index contributed by atoms with van der Waals surface area (Å²) in [6.45, 7) is 0. The van der Waals surface area contributed by atoms with Crippen LogP contribution >= 0.6 is 11.8 Å². The fourth-order valence-electron chi connectivity index (χ4n) is 2.04. The molecule has 0 aliphatic carbocycles. The predicted molar refractivity (Wildman–Crippen MR) is 89.4 cm³/mol. The van der Waals surface area contributed by atoms with Gasteiger partial charge in [0, 0.05) is 11.1 Å². The lowest BCUT2D eigenvalue weighted by Crippen LogP contribution is -2.05. The van der Waals surface area contributed by atoms with Gasteiger partial charge in [0.15, 0.2) is 17.3 Å². The smallest absolute Gasteiger partial charge is 0.214 e. The highest BCUT2D eigenvalue weighted by atomic mass is 32.2. The minimum absolute atomic E-state index is 0.0526. The zero-order valence-electron chi connectivity index (χ0n) is 12.7. The maximum Gasteiger partial charge on any atom is 0.214 e. The van der Waals surface area contributed by atoms with Gasteiger partial charge in [-0.15, -0.1) is 5.10 Å². The topological polar surface area (TPSA) is 118 Å². The number of phenols is 2. The number of tetrazole rings is 1. The lowest BCUT2D eigenvalue weighted by Gasteiger charge is -2.05. The number of phenolic OH excluding ortho intramolecular Hbond substituents is 2. The second kappa shape index (κ2) is 7.14. The van der Waals surface area contributed by atoms with Crippen molar-refractivity contribution in [1.82, 2.24) is 20.2 Å². The monoisotopic (exact) mass is 356 g/mol. The summed E-state index contributed by atoms with van der Waals surface area (Å²) in [5.74, 6) is -0.828. The first-order chi connectivity index (χ1) is 12.1. The van der Waals surface area contributed by atoms with E-state index in [0.29, 0.717) is 16.4 Å². The number of thioether (sulfide) groups is 1. The summed E-state index contributed by atoms with van der Waals surface area (Å²) < 4.78 is 1.46. The molecule has 0 aliphatic rings. The highest BCUT2D eigenvalue weighted by Crippen LogP contribution is 2.26. The van der Waals surface area contributed by atoms with Crippen LogP contribution in [0.15, 0.2) is 47.6 Å². The molecule has 2 N–H and O–H groups in total. The third-order valence-corrected chi connectivity index (χ3v) is 4.26. The van der Waals surface area contributed by atoms with Crippen molar-refractivity contribution in [3.8, 4) is 17.2 Å². The van der Waals surface area contributed by atoms with E-state index in [9.17, 15) is 19.8 Å². The second-order valence-corrected chi connectivity index (χ2v) is 5.94. The van der Waals surface area contributed by atoms with Crippen molar-refractivity contribution < 1.29 is 19.8 Å². The third-order valence-electron chi connectivity index (χ3n) is 3.34. The lowest BCUT2D eigenvalue weighted by atomic mass is 10.1. The number of ketones is 1. The van der Waals surface area contributed by atoms with Gasteiger partial charge >= 0.3 is 0 Å². The number of hydrogen-bond acceptors (Lipinski definition) is 8. The van der Waals surface area contributed by atoms with Gasteiger partial charge < -0.3 is 10.2 Å². The second-order valence-electron chi connectivity index (χ2n) is 5.00. The van der Waals surface area contributed by atoms with Crippen molar-refractivity contribution in [3.05, 3.63) is 53.6 Å². The molecule has 9 heteroatoms. The van der Waals surface area contributed by atoms with E-state index in [1.165, 1.54) is 22.9 Å². The molecule has 3 aromatic rings. The van der Waals surface area contributed by atoms with Gasteiger partial charge in [-0.25, -0.2) is 0 Å². The van der Waals surface area contributed by atoms with Gasteiger partial charge in [0.25, 0.3) is 0 Å². The van der Waals surface area contributed by atoms with E-state index < -0.39 is 0 Å². The highest BCUT2D eigenvalue weighted by molar-refractivity contribution is 7.99. The van der Waals surface area contributed by atoms with Gasteiger partial charge in [0.2, 0.25) is 5.16 Å². The van der Waals surface area contributed by atoms with Crippen molar-refractivity contribution in [3.63, 3.8) is 0 Å². The largest absolute Gasteiger partial charge is 0.504 e. The van der Waals surface area contributed by atoms with Crippen LogP contribution in [0, 0.1) is 0 Å². The molecule has 1 aromatic heterocycles. The molecular formula is C16H12N4O4S. The average Bonchev–Trinajstić information content (AvgIpc) is 3.10. The normalized spacial score (nSPS) is 10.6. The first-order valence-electron chi connectivity index (χ1n) is 7.10. The van der Waals surface area contributed by atoms with Crippen molar-refractivity contribution in [2.24, 2.45) is 0 Å². The Bertz CT molecular complexity index is 924. The Kier molecular flexibility index (Phi) is 4.75. The molecule has 0 aliphatic heterocycles. The number of aldehydes is 1. The molecule has 25 heavy (non-hydrogen) atoms. The molecule has 0 unspecified atom stereocenters. The molecule has 3 rings (SSSR count). The van der Waals surface area contributed by atoms with Crippen LogP contribution in [0.1, 0.15) is 20.7 Å². The van der Waals surface area contributed by atoms with Crippen LogP contribution in [0.5, 0.6) is 11.5 Å². The zero-order valence-corrected chi connectivity index (χ0v) is 13.6. The summed E-state index contributed by atoms with van der Waals surface area (Å²) in [6.07, 6.45) is 0.741. The summed E-state index contributed by atoms with van der Waals surface area (Å²) in [5.41, 5.74) is 1.47. The summed E-state index contributed by atoms with van der Waals surface area (Å²) in [7, 11) is 0. The van der Waals surface area contributed by atoms with Crippen LogP contribution in [0.2, 0.25) is 0 Å². The standard InChI is InChI=1S/C16H12N4O4S/c21-8-10-1-4-12(5-2-10)20-16(17-18-19-20)25-9-15(24)11-3-6-13(22)14(23)7-11/h1-8,22-23H,9H2. The van der Waals surface area contributed by atoms with E-state index in [1.807, 2.05) is 0 Å². The minimum Gasteiger partial charge on any atom is -0.504 e. The van der Waals surface area contributed by atoms with Crippen LogP contribution < -0.4 is 0 Å². The molecule has 8 nitrogen and oxygen atoms in total. The Morgan fingerprint density at radius 3 is 2.56 bits per heavy atom. The van der Waals surface area contributed by atoms with Crippen LogP contribution in [0.4, 0.5) is 0 Å². The Morgan fingerprint density at radius 1 is 1.12 bits per heavy atom. The number of benzene rings is 2. The van der Waals surface area contributed by atoms with E-state index in [2.05, 4.69) is 15.5 Å². The van der Waals surface area contributed by atoms with Crippen molar-refractivity contribution >= 4 is 23.8 Å². The number of carbonyl (C=O) groups is 2. The number of aromatic nitrogens is 4. The average molecular weight is 356 g/mol. The number of nitrogens with zero attached hydrogens (tertiary/aromatic N) is 4. The van der Waals surface area contributed by atoms with E-state index >= 15 is 0 Å². The van der Waals surface area contributed by atoms with Crippen molar-refractivity contribution in [1.29, 1.82) is 0 Å². The van der Waals surface area contributed by atoms with Crippen LogP contribution in [0.3, 0.4) is 0 Å². The van der Waals surface area contributed by atoms with Crippen molar-refractivity contribution in [2.75, 3.05) is 5.75 Å². The summed E-state index contributed by atoms with van der Waals surface area (Å²) in [6, 6.07) is 10.6. The summed E-state index contributed by atoms with van der Waals surface area (Å²) >= 11 is 1.14. The predicted octanol–water partition coefficient (Wildman–Crippen LogP) is 1.86. The summed E-state index contributed by atoms with van der Waals surface area (Å²) in [5, 5.41) is 30.5. The maximum atomic E-state index is 12.2. The molecule has 0 saturated heterocycles. The molecule has 0 radical (unpaired) electrons. The molecule has 0 atom stereocenters. The van der Waals surface area contributed by atoms with Crippen LogP contribution in [-0.4, -0.2) is 48.2 Å².